The molecule has 1 heterocycles. The van der Waals surface area contributed by atoms with E-state index in [1.54, 1.807) is 32.4 Å². The predicted molar refractivity (Wildman–Crippen MR) is 76.7 cm³/mol. The van der Waals surface area contributed by atoms with Crippen molar-refractivity contribution in [1.29, 1.82) is 0 Å². The van der Waals surface area contributed by atoms with E-state index in [0.717, 1.165) is 25.9 Å². The molecule has 1 aromatic rings. The summed E-state index contributed by atoms with van der Waals surface area (Å²) in [5.74, 6) is 1.35. The topological polar surface area (TPSA) is 44.8 Å². The van der Waals surface area contributed by atoms with Crippen LogP contribution in [-0.2, 0) is 4.74 Å². The van der Waals surface area contributed by atoms with Crippen LogP contribution in [0.15, 0.2) is 18.2 Å². The van der Waals surface area contributed by atoms with E-state index in [0.29, 0.717) is 23.5 Å². The van der Waals surface area contributed by atoms with Gasteiger partial charge in [0.2, 0.25) is 0 Å². The number of benzene rings is 1. The second kappa shape index (κ2) is 7.29. The van der Waals surface area contributed by atoms with Crippen LogP contribution in [-0.4, -0.2) is 32.7 Å². The van der Waals surface area contributed by atoms with Crippen molar-refractivity contribution in [2.45, 2.75) is 38.2 Å². The second-order valence-corrected chi connectivity index (χ2v) is 5.02. The van der Waals surface area contributed by atoms with E-state index in [-0.39, 0.29) is 11.9 Å². The molecular weight excluding hydrogens is 256 g/mol. The first-order chi connectivity index (χ1) is 9.74. The molecule has 4 nitrogen and oxygen atoms in total. The molecule has 20 heavy (non-hydrogen) atoms. The summed E-state index contributed by atoms with van der Waals surface area (Å²) in [6.07, 6.45) is 4.87. The monoisotopic (exact) mass is 278 g/mol. The Hall–Kier alpha value is -1.55. The van der Waals surface area contributed by atoms with Crippen molar-refractivity contribution in [1.82, 2.24) is 0 Å². The minimum atomic E-state index is 0.0786. The fourth-order valence-corrected chi connectivity index (χ4v) is 2.49. The maximum Gasteiger partial charge on any atom is 0.166 e. The number of Topliss-reactive ketones (excluding diaryl/α,β-unsaturated/α-hetero) is 1. The molecular formula is C16H22O4. The van der Waals surface area contributed by atoms with E-state index in [2.05, 4.69) is 0 Å². The highest BCUT2D eigenvalue weighted by Crippen LogP contribution is 2.26. The van der Waals surface area contributed by atoms with Crippen molar-refractivity contribution in [3.8, 4) is 11.5 Å². The normalized spacial score (nSPS) is 18.6. The first-order valence-electron chi connectivity index (χ1n) is 7.11. The molecule has 0 spiro atoms. The number of hydrogen-bond donors (Lipinski definition) is 0. The SMILES string of the molecule is COc1ccc(OC)c(C(=O)CCC2CCCCO2)c1. The van der Waals surface area contributed by atoms with Crippen LogP contribution in [0.3, 0.4) is 0 Å². The lowest BCUT2D eigenvalue weighted by Gasteiger charge is -2.22. The Balaban J connectivity index is 2.00. The number of ether oxygens (including phenoxy) is 3. The van der Waals surface area contributed by atoms with Gasteiger partial charge in [-0.05, 0) is 43.9 Å². The van der Waals surface area contributed by atoms with Crippen molar-refractivity contribution in [2.24, 2.45) is 0 Å². The molecule has 1 atom stereocenters. The van der Waals surface area contributed by atoms with Gasteiger partial charge < -0.3 is 14.2 Å². The van der Waals surface area contributed by atoms with Crippen molar-refractivity contribution >= 4 is 5.78 Å². The van der Waals surface area contributed by atoms with Crippen LogP contribution in [0, 0.1) is 0 Å². The highest BCUT2D eigenvalue weighted by atomic mass is 16.5. The van der Waals surface area contributed by atoms with Gasteiger partial charge in [0.15, 0.2) is 5.78 Å². The molecule has 1 aromatic carbocycles. The number of ketones is 1. The summed E-state index contributed by atoms with van der Waals surface area (Å²) >= 11 is 0. The third-order valence-electron chi connectivity index (χ3n) is 3.67. The molecule has 1 aliphatic heterocycles. The number of carbonyl (C=O) groups is 1. The first kappa shape index (κ1) is 14.9. The summed E-state index contributed by atoms with van der Waals surface area (Å²) in [6.45, 7) is 0.821. The lowest BCUT2D eigenvalue weighted by Crippen LogP contribution is -2.20. The molecule has 2 rings (SSSR count). The van der Waals surface area contributed by atoms with Crippen molar-refractivity contribution in [3.63, 3.8) is 0 Å². The molecule has 0 N–H and O–H groups in total. The Labute approximate surface area is 120 Å². The molecule has 1 fully saturated rings. The molecule has 0 aliphatic carbocycles. The molecule has 1 unspecified atom stereocenters. The molecule has 0 bridgehead atoms. The zero-order valence-electron chi connectivity index (χ0n) is 12.2. The Morgan fingerprint density at radius 2 is 2.15 bits per heavy atom. The van der Waals surface area contributed by atoms with Gasteiger partial charge in [0, 0.05) is 13.0 Å². The zero-order chi connectivity index (χ0) is 14.4. The van der Waals surface area contributed by atoms with Crippen LogP contribution in [0.1, 0.15) is 42.5 Å². The van der Waals surface area contributed by atoms with Crippen LogP contribution < -0.4 is 9.47 Å². The number of methoxy groups -OCH3 is 2. The number of rotatable bonds is 6. The van der Waals surface area contributed by atoms with Gasteiger partial charge in [-0.2, -0.15) is 0 Å². The lowest BCUT2D eigenvalue weighted by molar-refractivity contribution is 0.0104. The number of carbonyl (C=O) groups excluding carboxylic acids is 1. The van der Waals surface area contributed by atoms with E-state index in [1.807, 2.05) is 0 Å². The fraction of sp³-hybridized carbons (Fsp3) is 0.562. The van der Waals surface area contributed by atoms with E-state index in [1.165, 1.54) is 6.42 Å². The maximum absolute atomic E-state index is 12.3. The fourth-order valence-electron chi connectivity index (χ4n) is 2.49. The maximum atomic E-state index is 12.3. The molecule has 4 heteroatoms. The molecule has 0 saturated carbocycles. The van der Waals surface area contributed by atoms with Crippen LogP contribution in [0.25, 0.3) is 0 Å². The Morgan fingerprint density at radius 1 is 1.30 bits per heavy atom. The third kappa shape index (κ3) is 3.73. The molecule has 1 aliphatic rings. The van der Waals surface area contributed by atoms with Gasteiger partial charge >= 0.3 is 0 Å². The summed E-state index contributed by atoms with van der Waals surface area (Å²) in [5.41, 5.74) is 0.586. The van der Waals surface area contributed by atoms with Crippen LogP contribution in [0.5, 0.6) is 11.5 Å². The van der Waals surface area contributed by atoms with Gasteiger partial charge in [0.1, 0.15) is 11.5 Å². The Bertz CT molecular complexity index is 450. The van der Waals surface area contributed by atoms with Crippen LogP contribution in [0.2, 0.25) is 0 Å². The first-order valence-corrected chi connectivity index (χ1v) is 7.11. The summed E-state index contributed by atoms with van der Waals surface area (Å²) in [4.78, 5) is 12.3. The van der Waals surface area contributed by atoms with Gasteiger partial charge in [0.05, 0.1) is 25.9 Å². The zero-order valence-corrected chi connectivity index (χ0v) is 12.2. The minimum Gasteiger partial charge on any atom is -0.497 e. The van der Waals surface area contributed by atoms with E-state index < -0.39 is 0 Å². The van der Waals surface area contributed by atoms with Gasteiger partial charge in [-0.15, -0.1) is 0 Å². The van der Waals surface area contributed by atoms with Crippen LogP contribution >= 0.6 is 0 Å². The predicted octanol–water partition coefficient (Wildman–Crippen LogP) is 3.24. The summed E-state index contributed by atoms with van der Waals surface area (Å²) in [7, 11) is 3.16. The lowest BCUT2D eigenvalue weighted by atomic mass is 9.99. The van der Waals surface area contributed by atoms with E-state index >= 15 is 0 Å². The van der Waals surface area contributed by atoms with E-state index in [9.17, 15) is 4.79 Å². The van der Waals surface area contributed by atoms with Crippen molar-refractivity contribution in [3.05, 3.63) is 23.8 Å². The third-order valence-corrected chi connectivity index (χ3v) is 3.67. The highest BCUT2D eigenvalue weighted by molar-refractivity contribution is 5.99. The average Bonchev–Trinajstić information content (AvgIpc) is 2.52. The Morgan fingerprint density at radius 3 is 2.80 bits per heavy atom. The molecule has 110 valence electrons. The summed E-state index contributed by atoms with van der Waals surface area (Å²) < 4.78 is 16.1. The van der Waals surface area contributed by atoms with Gasteiger partial charge in [-0.3, -0.25) is 4.79 Å². The van der Waals surface area contributed by atoms with Gasteiger partial charge in [-0.25, -0.2) is 0 Å². The Kier molecular flexibility index (Phi) is 5.41. The molecule has 0 aromatic heterocycles. The largest absolute Gasteiger partial charge is 0.497 e. The highest BCUT2D eigenvalue weighted by Gasteiger charge is 2.18. The smallest absolute Gasteiger partial charge is 0.166 e. The van der Waals surface area contributed by atoms with Crippen molar-refractivity contribution in [2.75, 3.05) is 20.8 Å². The molecule has 1 saturated heterocycles. The standard InChI is InChI=1S/C16H22O4/c1-18-13-7-9-16(19-2)14(11-13)15(17)8-6-12-5-3-4-10-20-12/h7,9,11-12H,3-6,8,10H2,1-2H3. The molecule has 0 radical (unpaired) electrons. The quantitative estimate of drug-likeness (QED) is 0.749. The minimum absolute atomic E-state index is 0.0786. The van der Waals surface area contributed by atoms with Crippen molar-refractivity contribution < 1.29 is 19.0 Å². The molecule has 0 amide bonds. The summed E-state index contributed by atoms with van der Waals surface area (Å²) in [6, 6.07) is 5.30. The summed E-state index contributed by atoms with van der Waals surface area (Å²) in [5, 5.41) is 0. The van der Waals surface area contributed by atoms with Gasteiger partial charge in [-0.1, -0.05) is 0 Å². The van der Waals surface area contributed by atoms with Crippen LogP contribution in [0.4, 0.5) is 0 Å². The second-order valence-electron chi connectivity index (χ2n) is 5.02. The number of hydrogen-bond acceptors (Lipinski definition) is 4. The average molecular weight is 278 g/mol. The van der Waals surface area contributed by atoms with Gasteiger partial charge in [0.25, 0.3) is 0 Å². The van der Waals surface area contributed by atoms with E-state index in [4.69, 9.17) is 14.2 Å².